The summed E-state index contributed by atoms with van der Waals surface area (Å²) < 4.78 is 13.5. The van der Waals surface area contributed by atoms with Gasteiger partial charge in [-0.15, -0.1) is 0 Å². The van der Waals surface area contributed by atoms with Gasteiger partial charge in [-0.25, -0.2) is 4.39 Å². The maximum absolute atomic E-state index is 13.5. The van der Waals surface area contributed by atoms with E-state index in [9.17, 15) is 14.3 Å². The Morgan fingerprint density at radius 2 is 2.28 bits per heavy atom. The van der Waals surface area contributed by atoms with E-state index >= 15 is 0 Å². The zero-order chi connectivity index (χ0) is 13.1. The number of nitrogens with two attached hydrogens (primary N) is 1. The minimum Gasteiger partial charge on any atom is -0.399 e. The fourth-order valence-electron chi connectivity index (χ4n) is 2.28. The van der Waals surface area contributed by atoms with Gasteiger partial charge in [0.05, 0.1) is 11.7 Å². The van der Waals surface area contributed by atoms with E-state index in [2.05, 4.69) is 5.32 Å². The molecular weight excluding hydrogens is 235 g/mol. The van der Waals surface area contributed by atoms with Crippen LogP contribution in [0, 0.1) is 11.7 Å². The smallest absolute Gasteiger partial charge is 0.254 e. The number of rotatable bonds is 3. The number of hydrogen-bond donors (Lipinski definition) is 3. The van der Waals surface area contributed by atoms with E-state index in [1.54, 1.807) is 0 Å². The van der Waals surface area contributed by atoms with Gasteiger partial charge in [-0.05, 0) is 43.4 Å². The van der Waals surface area contributed by atoms with Crippen molar-refractivity contribution in [3.8, 4) is 0 Å². The SMILES string of the molecule is Nc1ccc(C(=O)NCC2CCC(O)C2)c(F)c1. The molecule has 0 bridgehead atoms. The molecule has 1 amide bonds. The number of amides is 1. The number of aliphatic hydroxyl groups is 1. The predicted molar refractivity (Wildman–Crippen MR) is 66.5 cm³/mol. The minimum absolute atomic E-state index is 0.00254. The number of carbonyl (C=O) groups is 1. The fourth-order valence-corrected chi connectivity index (χ4v) is 2.28. The summed E-state index contributed by atoms with van der Waals surface area (Å²) in [5.74, 6) is -0.770. The van der Waals surface area contributed by atoms with Gasteiger partial charge >= 0.3 is 0 Å². The molecule has 1 saturated carbocycles. The molecule has 1 aliphatic carbocycles. The van der Waals surface area contributed by atoms with Crippen LogP contribution in [0.4, 0.5) is 10.1 Å². The molecule has 4 nitrogen and oxygen atoms in total. The van der Waals surface area contributed by atoms with Gasteiger partial charge < -0.3 is 16.2 Å². The highest BCUT2D eigenvalue weighted by Crippen LogP contribution is 2.24. The third-order valence-electron chi connectivity index (χ3n) is 3.30. The summed E-state index contributed by atoms with van der Waals surface area (Å²) >= 11 is 0. The van der Waals surface area contributed by atoms with Crippen LogP contribution in [0.2, 0.25) is 0 Å². The summed E-state index contributed by atoms with van der Waals surface area (Å²) in [4.78, 5) is 11.8. The highest BCUT2D eigenvalue weighted by atomic mass is 19.1. The highest BCUT2D eigenvalue weighted by Gasteiger charge is 2.23. The van der Waals surface area contributed by atoms with Crippen LogP contribution in [0.25, 0.3) is 0 Å². The van der Waals surface area contributed by atoms with Gasteiger partial charge in [0.25, 0.3) is 5.91 Å². The Kier molecular flexibility index (Phi) is 3.81. The van der Waals surface area contributed by atoms with E-state index in [4.69, 9.17) is 5.73 Å². The quantitative estimate of drug-likeness (QED) is 0.710. The molecule has 0 spiro atoms. The first-order chi connectivity index (χ1) is 8.56. The zero-order valence-electron chi connectivity index (χ0n) is 10.0. The van der Waals surface area contributed by atoms with Gasteiger partial charge in [-0.2, -0.15) is 0 Å². The van der Waals surface area contributed by atoms with Crippen LogP contribution in [0.15, 0.2) is 18.2 Å². The molecule has 0 aromatic heterocycles. The van der Waals surface area contributed by atoms with Crippen LogP contribution in [0.1, 0.15) is 29.6 Å². The van der Waals surface area contributed by atoms with Gasteiger partial charge in [-0.3, -0.25) is 4.79 Å². The van der Waals surface area contributed by atoms with Gasteiger partial charge in [0.1, 0.15) is 5.82 Å². The van der Waals surface area contributed by atoms with Crippen LogP contribution in [-0.2, 0) is 0 Å². The first-order valence-electron chi connectivity index (χ1n) is 6.07. The lowest BCUT2D eigenvalue weighted by molar-refractivity contribution is 0.0941. The van der Waals surface area contributed by atoms with Gasteiger partial charge in [0.2, 0.25) is 0 Å². The number of anilines is 1. The van der Waals surface area contributed by atoms with Crippen molar-refractivity contribution in [1.82, 2.24) is 5.32 Å². The maximum Gasteiger partial charge on any atom is 0.254 e. The van der Waals surface area contributed by atoms with Crippen LogP contribution in [0.3, 0.4) is 0 Å². The van der Waals surface area contributed by atoms with Gasteiger partial charge in [0.15, 0.2) is 0 Å². The third-order valence-corrected chi connectivity index (χ3v) is 3.30. The largest absolute Gasteiger partial charge is 0.399 e. The van der Waals surface area contributed by atoms with E-state index in [-0.39, 0.29) is 17.6 Å². The molecule has 2 atom stereocenters. The molecule has 0 radical (unpaired) electrons. The molecule has 2 rings (SSSR count). The summed E-state index contributed by atoms with van der Waals surface area (Å²) in [6.07, 6.45) is 2.10. The van der Waals surface area contributed by atoms with Gasteiger partial charge in [-0.1, -0.05) is 0 Å². The Balaban J connectivity index is 1.91. The second kappa shape index (κ2) is 5.35. The summed E-state index contributed by atoms with van der Waals surface area (Å²) in [5.41, 5.74) is 5.71. The summed E-state index contributed by atoms with van der Waals surface area (Å²) in [5, 5.41) is 12.1. The molecule has 0 aliphatic heterocycles. The predicted octanol–water partition coefficient (Wildman–Crippen LogP) is 1.30. The van der Waals surface area contributed by atoms with Crippen molar-refractivity contribution in [3.05, 3.63) is 29.6 Å². The first-order valence-corrected chi connectivity index (χ1v) is 6.07. The van der Waals surface area contributed by atoms with Gasteiger partial charge in [0, 0.05) is 12.2 Å². The molecule has 18 heavy (non-hydrogen) atoms. The molecule has 98 valence electrons. The molecule has 0 saturated heterocycles. The molecular formula is C13H17FN2O2. The fraction of sp³-hybridized carbons (Fsp3) is 0.462. The molecule has 1 fully saturated rings. The highest BCUT2D eigenvalue weighted by molar-refractivity contribution is 5.94. The maximum atomic E-state index is 13.5. The average molecular weight is 252 g/mol. The summed E-state index contributed by atoms with van der Waals surface area (Å²) in [6, 6.07) is 4.01. The number of nitrogen functional groups attached to an aromatic ring is 1. The lowest BCUT2D eigenvalue weighted by atomic mass is 10.1. The molecule has 1 aromatic rings. The summed E-state index contributed by atoms with van der Waals surface area (Å²) in [6.45, 7) is 0.472. The first kappa shape index (κ1) is 12.8. The number of aliphatic hydroxyl groups excluding tert-OH is 1. The topological polar surface area (TPSA) is 75.4 Å². The number of carbonyl (C=O) groups excluding carboxylic acids is 1. The van der Waals surface area contributed by atoms with Crippen LogP contribution in [0.5, 0.6) is 0 Å². The summed E-state index contributed by atoms with van der Waals surface area (Å²) in [7, 11) is 0. The number of benzene rings is 1. The van der Waals surface area contributed by atoms with E-state index in [0.29, 0.717) is 18.7 Å². The molecule has 0 heterocycles. The van der Waals surface area contributed by atoms with Crippen LogP contribution in [-0.4, -0.2) is 23.7 Å². The zero-order valence-corrected chi connectivity index (χ0v) is 10.0. The van der Waals surface area contributed by atoms with E-state index < -0.39 is 11.7 Å². The van der Waals surface area contributed by atoms with Crippen molar-refractivity contribution in [3.63, 3.8) is 0 Å². The Morgan fingerprint density at radius 1 is 1.50 bits per heavy atom. The second-order valence-corrected chi connectivity index (χ2v) is 4.78. The van der Waals surface area contributed by atoms with Crippen LogP contribution >= 0.6 is 0 Å². The van der Waals surface area contributed by atoms with Crippen LogP contribution < -0.4 is 11.1 Å². The lowest BCUT2D eigenvalue weighted by Crippen LogP contribution is -2.29. The van der Waals surface area contributed by atoms with E-state index in [0.717, 1.165) is 18.9 Å². The Morgan fingerprint density at radius 3 is 2.89 bits per heavy atom. The molecule has 1 aromatic carbocycles. The van der Waals surface area contributed by atoms with Crippen molar-refractivity contribution in [2.24, 2.45) is 5.92 Å². The normalized spacial score (nSPS) is 23.0. The lowest BCUT2D eigenvalue weighted by Gasteiger charge is -2.11. The van der Waals surface area contributed by atoms with Crippen molar-refractivity contribution in [1.29, 1.82) is 0 Å². The number of nitrogens with one attached hydrogen (secondary N) is 1. The third kappa shape index (κ3) is 2.98. The Hall–Kier alpha value is -1.62. The Bertz CT molecular complexity index is 451. The van der Waals surface area contributed by atoms with Crippen molar-refractivity contribution >= 4 is 11.6 Å². The number of halogens is 1. The van der Waals surface area contributed by atoms with Crippen molar-refractivity contribution < 1.29 is 14.3 Å². The monoisotopic (exact) mass is 252 g/mol. The van der Waals surface area contributed by atoms with E-state index in [1.807, 2.05) is 0 Å². The Labute approximate surface area is 105 Å². The molecule has 5 heteroatoms. The number of hydrogen-bond acceptors (Lipinski definition) is 3. The minimum atomic E-state index is -0.612. The average Bonchev–Trinajstić information content (AvgIpc) is 2.72. The molecule has 4 N–H and O–H groups in total. The van der Waals surface area contributed by atoms with E-state index in [1.165, 1.54) is 12.1 Å². The molecule has 1 aliphatic rings. The molecule has 2 unspecified atom stereocenters. The van der Waals surface area contributed by atoms with Crippen molar-refractivity contribution in [2.75, 3.05) is 12.3 Å². The van der Waals surface area contributed by atoms with Crippen molar-refractivity contribution in [2.45, 2.75) is 25.4 Å². The standard InChI is InChI=1S/C13H17FN2O2/c14-12-6-9(15)2-4-11(12)13(18)16-7-8-1-3-10(17)5-8/h2,4,6,8,10,17H,1,3,5,7,15H2,(H,16,18). The second-order valence-electron chi connectivity index (χ2n) is 4.78.